The van der Waals surface area contributed by atoms with E-state index in [-0.39, 0.29) is 0 Å². The van der Waals surface area contributed by atoms with Crippen LogP contribution in [-0.4, -0.2) is 24.0 Å². The summed E-state index contributed by atoms with van der Waals surface area (Å²) in [5.74, 6) is -0.473. The molecule has 0 bridgehead atoms. The van der Waals surface area contributed by atoms with Gasteiger partial charge in [0, 0.05) is 24.7 Å². The molecule has 0 saturated carbocycles. The summed E-state index contributed by atoms with van der Waals surface area (Å²) >= 11 is 0. The maximum atomic E-state index is 12.0. The second kappa shape index (κ2) is 7.77. The third-order valence-corrected chi connectivity index (χ3v) is 4.18. The number of nitrogens with two attached hydrogens (primary N) is 2. The highest BCUT2D eigenvalue weighted by atomic mass is 16.1. The maximum absolute atomic E-state index is 12.0. The second-order valence-electron chi connectivity index (χ2n) is 5.95. The number of fused-ring (bicyclic) bond motifs is 1. The van der Waals surface area contributed by atoms with Gasteiger partial charge in [-0.05, 0) is 24.6 Å². The Hall–Kier alpha value is -2.92. The Balaban J connectivity index is 2.13. The van der Waals surface area contributed by atoms with E-state index in [9.17, 15) is 4.79 Å². The van der Waals surface area contributed by atoms with Crippen LogP contribution in [-0.2, 0) is 6.54 Å². The minimum atomic E-state index is -0.473. The van der Waals surface area contributed by atoms with Crippen molar-refractivity contribution in [1.82, 2.24) is 4.98 Å². The Bertz CT molecular complexity index is 864. The highest BCUT2D eigenvalue weighted by Gasteiger charge is 2.19. The molecule has 0 fully saturated rings. The van der Waals surface area contributed by atoms with Crippen molar-refractivity contribution < 1.29 is 4.79 Å². The second-order valence-corrected chi connectivity index (χ2v) is 5.95. The van der Waals surface area contributed by atoms with Gasteiger partial charge in [0.05, 0.1) is 16.8 Å². The van der Waals surface area contributed by atoms with E-state index in [2.05, 4.69) is 22.0 Å². The van der Waals surface area contributed by atoms with Gasteiger partial charge in [0.25, 0.3) is 5.91 Å². The summed E-state index contributed by atoms with van der Waals surface area (Å²) in [6, 6.07) is 18.0. The van der Waals surface area contributed by atoms with Crippen molar-refractivity contribution >= 4 is 22.5 Å². The lowest BCUT2D eigenvalue weighted by Crippen LogP contribution is -2.29. The molecule has 0 radical (unpaired) electrons. The number of hydrogen-bond acceptors (Lipinski definition) is 4. The van der Waals surface area contributed by atoms with Crippen molar-refractivity contribution in [2.45, 2.75) is 13.0 Å². The normalized spacial score (nSPS) is 10.8. The van der Waals surface area contributed by atoms with E-state index < -0.39 is 5.91 Å². The van der Waals surface area contributed by atoms with E-state index in [1.807, 2.05) is 42.5 Å². The van der Waals surface area contributed by atoms with Crippen LogP contribution in [0.5, 0.6) is 0 Å². The van der Waals surface area contributed by atoms with E-state index in [0.29, 0.717) is 18.7 Å². The average molecular weight is 334 g/mol. The van der Waals surface area contributed by atoms with Gasteiger partial charge in [0.15, 0.2) is 0 Å². The van der Waals surface area contributed by atoms with Crippen molar-refractivity contribution in [3.05, 3.63) is 71.9 Å². The molecule has 1 heterocycles. The van der Waals surface area contributed by atoms with Gasteiger partial charge in [-0.3, -0.25) is 9.78 Å². The number of benzene rings is 2. The summed E-state index contributed by atoms with van der Waals surface area (Å²) < 4.78 is 0. The molecule has 4 N–H and O–H groups in total. The van der Waals surface area contributed by atoms with Gasteiger partial charge in [-0.15, -0.1) is 0 Å². The zero-order valence-corrected chi connectivity index (χ0v) is 14.1. The van der Waals surface area contributed by atoms with Crippen LogP contribution >= 0.6 is 0 Å². The number of primary amides is 1. The largest absolute Gasteiger partial charge is 0.366 e. The van der Waals surface area contributed by atoms with E-state index in [0.717, 1.165) is 35.1 Å². The number of pyridine rings is 1. The summed E-state index contributed by atoms with van der Waals surface area (Å²) in [6.07, 6.45) is 2.39. The molecule has 25 heavy (non-hydrogen) atoms. The fraction of sp³-hybridized carbons (Fsp3) is 0.200. The lowest BCUT2D eigenvalue weighted by molar-refractivity contribution is 0.100. The van der Waals surface area contributed by atoms with Crippen molar-refractivity contribution in [3.63, 3.8) is 0 Å². The molecule has 0 atom stereocenters. The first kappa shape index (κ1) is 16.9. The zero-order chi connectivity index (χ0) is 17.6. The Morgan fingerprint density at radius 1 is 1.04 bits per heavy atom. The number of hydrogen-bond donors (Lipinski definition) is 2. The highest BCUT2D eigenvalue weighted by molar-refractivity contribution is 6.06. The quantitative estimate of drug-likeness (QED) is 0.695. The summed E-state index contributed by atoms with van der Waals surface area (Å²) in [4.78, 5) is 18.6. The van der Waals surface area contributed by atoms with Gasteiger partial charge in [-0.25, -0.2) is 0 Å². The Morgan fingerprint density at radius 2 is 1.76 bits per heavy atom. The molecule has 3 rings (SSSR count). The number of carbonyl (C=O) groups excluding carboxylic acids is 1. The van der Waals surface area contributed by atoms with Crippen LogP contribution in [0, 0.1) is 0 Å². The van der Waals surface area contributed by atoms with Crippen molar-refractivity contribution in [2.24, 2.45) is 11.5 Å². The van der Waals surface area contributed by atoms with Gasteiger partial charge >= 0.3 is 0 Å². The van der Waals surface area contributed by atoms with Crippen LogP contribution in [0.1, 0.15) is 22.3 Å². The molecule has 0 spiro atoms. The first-order chi connectivity index (χ1) is 12.2. The number of nitrogens with zero attached hydrogens (tertiary/aromatic N) is 2. The SMILES string of the molecule is NCCCN(Cc1ccccc1)c1c(C(N)=O)cnc2ccccc12. The van der Waals surface area contributed by atoms with Crippen molar-refractivity contribution in [1.29, 1.82) is 0 Å². The van der Waals surface area contributed by atoms with Gasteiger partial charge in [-0.2, -0.15) is 0 Å². The first-order valence-corrected chi connectivity index (χ1v) is 8.37. The minimum Gasteiger partial charge on any atom is -0.366 e. The van der Waals surface area contributed by atoms with Gasteiger partial charge < -0.3 is 16.4 Å². The molecular weight excluding hydrogens is 312 g/mol. The van der Waals surface area contributed by atoms with Gasteiger partial charge in [0.1, 0.15) is 0 Å². The third kappa shape index (κ3) is 3.78. The number of aromatic nitrogens is 1. The van der Waals surface area contributed by atoms with Crippen LogP contribution in [0.3, 0.4) is 0 Å². The topological polar surface area (TPSA) is 85.2 Å². The Kier molecular flexibility index (Phi) is 5.26. The highest BCUT2D eigenvalue weighted by Crippen LogP contribution is 2.30. The lowest BCUT2D eigenvalue weighted by Gasteiger charge is -2.28. The van der Waals surface area contributed by atoms with Gasteiger partial charge in [0.2, 0.25) is 0 Å². The molecule has 0 saturated heterocycles. The smallest absolute Gasteiger partial charge is 0.252 e. The summed E-state index contributed by atoms with van der Waals surface area (Å²) in [5.41, 5.74) is 14.6. The monoisotopic (exact) mass is 334 g/mol. The summed E-state index contributed by atoms with van der Waals surface area (Å²) in [6.45, 7) is 2.00. The fourth-order valence-corrected chi connectivity index (χ4v) is 3.00. The molecule has 5 nitrogen and oxygen atoms in total. The van der Waals surface area contributed by atoms with E-state index >= 15 is 0 Å². The van der Waals surface area contributed by atoms with Crippen molar-refractivity contribution in [2.75, 3.05) is 18.0 Å². The molecule has 5 heteroatoms. The molecule has 2 aromatic carbocycles. The maximum Gasteiger partial charge on any atom is 0.252 e. The number of rotatable bonds is 7. The van der Waals surface area contributed by atoms with E-state index in [1.165, 1.54) is 0 Å². The average Bonchev–Trinajstić information content (AvgIpc) is 2.65. The Labute approximate surface area is 147 Å². The molecule has 1 amide bonds. The molecule has 3 aromatic rings. The molecule has 0 aliphatic rings. The fourth-order valence-electron chi connectivity index (χ4n) is 3.00. The first-order valence-electron chi connectivity index (χ1n) is 8.37. The minimum absolute atomic E-state index is 0.437. The number of carbonyl (C=O) groups is 1. The van der Waals surface area contributed by atoms with Crippen LogP contribution in [0.2, 0.25) is 0 Å². The standard InChI is InChI=1S/C20H22N4O/c21-11-6-12-24(14-15-7-2-1-3-8-15)19-16-9-4-5-10-18(16)23-13-17(19)20(22)25/h1-5,7-10,13H,6,11-12,14,21H2,(H2,22,25). The molecular formula is C20H22N4O. The lowest BCUT2D eigenvalue weighted by atomic mass is 10.1. The summed E-state index contributed by atoms with van der Waals surface area (Å²) in [7, 11) is 0. The van der Waals surface area contributed by atoms with Crippen molar-refractivity contribution in [3.8, 4) is 0 Å². The van der Waals surface area contributed by atoms with Gasteiger partial charge in [-0.1, -0.05) is 48.5 Å². The molecule has 1 aromatic heterocycles. The summed E-state index contributed by atoms with van der Waals surface area (Å²) in [5, 5.41) is 0.923. The predicted molar refractivity (Wildman–Crippen MR) is 101 cm³/mol. The van der Waals surface area contributed by atoms with Crippen LogP contribution in [0.25, 0.3) is 10.9 Å². The number of para-hydroxylation sites is 1. The Morgan fingerprint density at radius 3 is 2.48 bits per heavy atom. The molecule has 0 aliphatic carbocycles. The van der Waals surface area contributed by atoms with Crippen LogP contribution in [0.15, 0.2) is 60.8 Å². The third-order valence-electron chi connectivity index (χ3n) is 4.18. The number of amides is 1. The molecule has 0 aliphatic heterocycles. The number of anilines is 1. The molecule has 0 unspecified atom stereocenters. The zero-order valence-electron chi connectivity index (χ0n) is 14.1. The van der Waals surface area contributed by atoms with E-state index in [4.69, 9.17) is 11.5 Å². The van der Waals surface area contributed by atoms with Crippen LogP contribution in [0.4, 0.5) is 5.69 Å². The predicted octanol–water partition coefficient (Wildman–Crippen LogP) is 2.69. The molecule has 128 valence electrons. The van der Waals surface area contributed by atoms with Crippen LogP contribution < -0.4 is 16.4 Å². The van der Waals surface area contributed by atoms with E-state index in [1.54, 1.807) is 6.20 Å².